The van der Waals surface area contributed by atoms with Gasteiger partial charge in [-0.15, -0.1) is 0 Å². The highest BCUT2D eigenvalue weighted by Crippen LogP contribution is 2.33. The Morgan fingerprint density at radius 2 is 2.07 bits per heavy atom. The van der Waals surface area contributed by atoms with E-state index in [1.165, 1.54) is 5.56 Å². The number of fused-ring (bicyclic) bond motifs is 1. The molecule has 0 amide bonds. The molecule has 0 saturated carbocycles. The summed E-state index contributed by atoms with van der Waals surface area (Å²) in [5, 5.41) is 3.49. The van der Waals surface area contributed by atoms with Crippen LogP contribution in [0.25, 0.3) is 0 Å². The zero-order valence-electron chi connectivity index (χ0n) is 9.55. The second kappa shape index (κ2) is 3.93. The molecule has 1 nitrogen and oxygen atoms in total. The fourth-order valence-corrected chi connectivity index (χ4v) is 2.38. The van der Waals surface area contributed by atoms with Crippen molar-refractivity contribution >= 4 is 0 Å². The van der Waals surface area contributed by atoms with Gasteiger partial charge in [-0.2, -0.15) is 0 Å². The van der Waals surface area contributed by atoms with Crippen LogP contribution in [0.1, 0.15) is 43.9 Å². The summed E-state index contributed by atoms with van der Waals surface area (Å²) in [6.07, 6.45) is 0. The monoisotopic (exact) mass is 207 g/mol. The van der Waals surface area contributed by atoms with Crippen molar-refractivity contribution < 1.29 is 4.39 Å². The summed E-state index contributed by atoms with van der Waals surface area (Å²) in [6, 6.07) is 5.48. The van der Waals surface area contributed by atoms with Crippen molar-refractivity contribution in [3.05, 3.63) is 35.1 Å². The van der Waals surface area contributed by atoms with Crippen LogP contribution < -0.4 is 5.32 Å². The fourth-order valence-electron chi connectivity index (χ4n) is 2.38. The predicted molar refractivity (Wildman–Crippen MR) is 60.4 cm³/mol. The largest absolute Gasteiger partial charge is 0.309 e. The Morgan fingerprint density at radius 3 is 2.73 bits per heavy atom. The standard InChI is InChI=1S/C13H18FN/c1-8(2)13-12-6-10(14)4-5-11(12)9(3)7-15-13/h4-6,8-9,13,15H,7H2,1-3H3. The van der Waals surface area contributed by atoms with E-state index in [2.05, 4.69) is 26.1 Å². The van der Waals surface area contributed by atoms with Gasteiger partial charge in [0.15, 0.2) is 0 Å². The summed E-state index contributed by atoms with van der Waals surface area (Å²) >= 11 is 0. The van der Waals surface area contributed by atoms with Crippen molar-refractivity contribution in [2.24, 2.45) is 5.92 Å². The van der Waals surface area contributed by atoms with Crippen LogP contribution in [0.5, 0.6) is 0 Å². The Labute approximate surface area is 90.7 Å². The second-order valence-corrected chi connectivity index (χ2v) is 4.80. The van der Waals surface area contributed by atoms with E-state index in [1.54, 1.807) is 12.1 Å². The number of hydrogen-bond acceptors (Lipinski definition) is 1. The molecule has 1 heterocycles. The molecule has 1 aromatic carbocycles. The number of hydrogen-bond donors (Lipinski definition) is 1. The van der Waals surface area contributed by atoms with Crippen LogP contribution in [-0.2, 0) is 0 Å². The van der Waals surface area contributed by atoms with Gasteiger partial charge < -0.3 is 5.32 Å². The third kappa shape index (κ3) is 1.91. The van der Waals surface area contributed by atoms with E-state index in [0.29, 0.717) is 17.9 Å². The third-order valence-corrected chi connectivity index (χ3v) is 3.23. The average Bonchev–Trinajstić information content (AvgIpc) is 2.17. The molecule has 0 saturated heterocycles. The van der Waals surface area contributed by atoms with E-state index >= 15 is 0 Å². The maximum atomic E-state index is 13.2. The number of nitrogens with one attached hydrogen (secondary N) is 1. The Hall–Kier alpha value is -0.890. The molecule has 0 radical (unpaired) electrons. The Kier molecular flexibility index (Phi) is 2.79. The predicted octanol–water partition coefficient (Wildman–Crippen LogP) is 3.23. The SMILES string of the molecule is CC1CNC(C(C)C)c2cc(F)ccc21. The van der Waals surface area contributed by atoms with Crippen molar-refractivity contribution in [3.63, 3.8) is 0 Å². The van der Waals surface area contributed by atoms with Gasteiger partial charge in [-0.1, -0.05) is 26.8 Å². The highest BCUT2D eigenvalue weighted by atomic mass is 19.1. The van der Waals surface area contributed by atoms with Crippen molar-refractivity contribution in [1.82, 2.24) is 5.32 Å². The topological polar surface area (TPSA) is 12.0 Å². The van der Waals surface area contributed by atoms with E-state index < -0.39 is 0 Å². The van der Waals surface area contributed by atoms with Gasteiger partial charge in [0.1, 0.15) is 5.82 Å². The summed E-state index contributed by atoms with van der Waals surface area (Å²) in [6.45, 7) is 7.51. The normalized spacial score (nSPS) is 25.4. The minimum Gasteiger partial charge on any atom is -0.309 e. The van der Waals surface area contributed by atoms with Crippen LogP contribution >= 0.6 is 0 Å². The lowest BCUT2D eigenvalue weighted by Gasteiger charge is -2.33. The average molecular weight is 207 g/mol. The van der Waals surface area contributed by atoms with Crippen LogP contribution in [0.4, 0.5) is 4.39 Å². The first-order valence-electron chi connectivity index (χ1n) is 5.62. The van der Waals surface area contributed by atoms with Gasteiger partial charge in [-0.3, -0.25) is 0 Å². The quantitative estimate of drug-likeness (QED) is 0.745. The highest BCUT2D eigenvalue weighted by Gasteiger charge is 2.26. The Morgan fingerprint density at radius 1 is 1.33 bits per heavy atom. The first kappa shape index (κ1) is 10.6. The summed E-state index contributed by atoms with van der Waals surface area (Å²) in [5.41, 5.74) is 2.44. The molecule has 0 aromatic heterocycles. The lowest BCUT2D eigenvalue weighted by molar-refractivity contribution is 0.374. The first-order valence-corrected chi connectivity index (χ1v) is 5.62. The highest BCUT2D eigenvalue weighted by molar-refractivity contribution is 5.36. The molecule has 2 rings (SSSR count). The van der Waals surface area contributed by atoms with Gasteiger partial charge >= 0.3 is 0 Å². The molecule has 15 heavy (non-hydrogen) atoms. The number of rotatable bonds is 1. The Bertz CT molecular complexity index is 360. The molecular formula is C13H18FN. The fraction of sp³-hybridized carbons (Fsp3) is 0.538. The second-order valence-electron chi connectivity index (χ2n) is 4.80. The van der Waals surface area contributed by atoms with E-state index in [1.807, 2.05) is 6.07 Å². The zero-order valence-corrected chi connectivity index (χ0v) is 9.55. The maximum Gasteiger partial charge on any atom is 0.123 e. The van der Waals surface area contributed by atoms with Crippen LogP contribution in [0, 0.1) is 11.7 Å². The third-order valence-electron chi connectivity index (χ3n) is 3.23. The van der Waals surface area contributed by atoms with Crippen molar-refractivity contribution in [3.8, 4) is 0 Å². The summed E-state index contributed by atoms with van der Waals surface area (Å²) in [7, 11) is 0. The molecule has 2 unspecified atom stereocenters. The molecule has 0 spiro atoms. The minimum atomic E-state index is -0.129. The van der Waals surface area contributed by atoms with Crippen LogP contribution in [-0.4, -0.2) is 6.54 Å². The zero-order chi connectivity index (χ0) is 11.0. The molecule has 1 aliphatic rings. The van der Waals surface area contributed by atoms with Gasteiger partial charge in [-0.25, -0.2) is 4.39 Å². The van der Waals surface area contributed by atoms with E-state index in [4.69, 9.17) is 0 Å². The molecule has 1 aliphatic heterocycles. The van der Waals surface area contributed by atoms with Crippen molar-refractivity contribution in [1.29, 1.82) is 0 Å². The lowest BCUT2D eigenvalue weighted by Crippen LogP contribution is -2.35. The van der Waals surface area contributed by atoms with Gasteiger partial charge in [0, 0.05) is 12.6 Å². The summed E-state index contributed by atoms with van der Waals surface area (Å²) < 4.78 is 13.2. The maximum absolute atomic E-state index is 13.2. The number of benzene rings is 1. The Balaban J connectivity index is 2.46. The van der Waals surface area contributed by atoms with Crippen LogP contribution in [0.2, 0.25) is 0 Å². The molecule has 2 heteroatoms. The molecule has 0 fully saturated rings. The smallest absolute Gasteiger partial charge is 0.123 e. The molecular weight excluding hydrogens is 189 g/mol. The van der Waals surface area contributed by atoms with E-state index in [-0.39, 0.29) is 5.82 Å². The molecule has 0 bridgehead atoms. The first-order chi connectivity index (χ1) is 7.09. The molecule has 0 aliphatic carbocycles. The molecule has 1 aromatic rings. The lowest BCUT2D eigenvalue weighted by atomic mass is 9.83. The summed E-state index contributed by atoms with van der Waals surface area (Å²) in [4.78, 5) is 0. The van der Waals surface area contributed by atoms with Crippen molar-refractivity contribution in [2.75, 3.05) is 6.54 Å². The molecule has 1 N–H and O–H groups in total. The molecule has 82 valence electrons. The summed E-state index contributed by atoms with van der Waals surface area (Å²) in [5.74, 6) is 0.851. The van der Waals surface area contributed by atoms with Crippen molar-refractivity contribution in [2.45, 2.75) is 32.7 Å². The van der Waals surface area contributed by atoms with Gasteiger partial charge in [0.05, 0.1) is 0 Å². The van der Waals surface area contributed by atoms with E-state index in [0.717, 1.165) is 12.1 Å². The van der Waals surface area contributed by atoms with E-state index in [9.17, 15) is 4.39 Å². The van der Waals surface area contributed by atoms with Gasteiger partial charge in [-0.05, 0) is 35.1 Å². The van der Waals surface area contributed by atoms with Crippen LogP contribution in [0.3, 0.4) is 0 Å². The van der Waals surface area contributed by atoms with Gasteiger partial charge in [0.25, 0.3) is 0 Å². The van der Waals surface area contributed by atoms with Crippen LogP contribution in [0.15, 0.2) is 18.2 Å². The van der Waals surface area contributed by atoms with Gasteiger partial charge in [0.2, 0.25) is 0 Å². The number of halogens is 1. The molecule has 2 atom stereocenters. The minimum absolute atomic E-state index is 0.129.